The van der Waals surface area contributed by atoms with Crippen molar-refractivity contribution >= 4 is 5.96 Å². The minimum Gasteiger partial charge on any atom is -0.385 e. The Morgan fingerprint density at radius 3 is 2.96 bits per heavy atom. The molecule has 0 radical (unpaired) electrons. The molecule has 0 amide bonds. The van der Waals surface area contributed by atoms with Gasteiger partial charge in [-0.25, -0.2) is 4.99 Å². The van der Waals surface area contributed by atoms with E-state index in [2.05, 4.69) is 25.8 Å². The lowest BCUT2D eigenvalue weighted by Crippen LogP contribution is -2.41. The molecule has 8 heteroatoms. The van der Waals surface area contributed by atoms with Gasteiger partial charge < -0.3 is 24.7 Å². The molecule has 2 rings (SSSR count). The Hall–Kier alpha value is -1.67. The maximum Gasteiger partial charge on any atom is 0.191 e. The monoisotopic (exact) mass is 324 g/mol. The molecular weight excluding hydrogens is 296 g/mol. The number of aromatic nitrogens is 3. The zero-order valence-corrected chi connectivity index (χ0v) is 14.3. The van der Waals surface area contributed by atoms with Gasteiger partial charge in [0, 0.05) is 40.5 Å². The highest BCUT2D eigenvalue weighted by atomic mass is 16.5. The second-order valence-electron chi connectivity index (χ2n) is 5.68. The van der Waals surface area contributed by atoms with E-state index in [4.69, 9.17) is 9.47 Å². The summed E-state index contributed by atoms with van der Waals surface area (Å²) in [5, 5.41) is 14.9. The lowest BCUT2D eigenvalue weighted by molar-refractivity contribution is 0.113. The van der Waals surface area contributed by atoms with E-state index in [0.29, 0.717) is 6.54 Å². The average molecular weight is 324 g/mol. The van der Waals surface area contributed by atoms with E-state index in [-0.39, 0.29) is 6.10 Å². The third-order valence-corrected chi connectivity index (χ3v) is 3.90. The highest BCUT2D eigenvalue weighted by Crippen LogP contribution is 2.10. The number of ether oxygens (including phenoxy) is 2. The van der Waals surface area contributed by atoms with Gasteiger partial charge in [-0.05, 0) is 26.2 Å². The molecule has 1 aliphatic heterocycles. The number of aryl methyl sites for hydroxylation is 1. The van der Waals surface area contributed by atoms with E-state index in [0.717, 1.165) is 63.2 Å². The van der Waals surface area contributed by atoms with Gasteiger partial charge in [-0.15, -0.1) is 10.2 Å². The molecule has 1 atom stereocenters. The first-order chi connectivity index (χ1) is 11.2. The zero-order valence-electron chi connectivity index (χ0n) is 14.3. The van der Waals surface area contributed by atoms with Crippen LogP contribution in [0.1, 0.15) is 30.9 Å². The summed E-state index contributed by atoms with van der Waals surface area (Å²) in [7, 11) is 3.66. The van der Waals surface area contributed by atoms with E-state index in [1.165, 1.54) is 0 Å². The van der Waals surface area contributed by atoms with Crippen LogP contribution in [0.3, 0.4) is 0 Å². The van der Waals surface area contributed by atoms with Crippen molar-refractivity contribution < 1.29 is 9.47 Å². The summed E-state index contributed by atoms with van der Waals surface area (Å²) in [6.07, 6.45) is 3.45. The number of hydrogen-bond acceptors (Lipinski definition) is 5. The fraction of sp³-hybridized carbons (Fsp3) is 0.800. The largest absolute Gasteiger partial charge is 0.385 e. The first-order valence-electron chi connectivity index (χ1n) is 8.18. The Balaban J connectivity index is 1.87. The average Bonchev–Trinajstić information content (AvgIpc) is 3.18. The van der Waals surface area contributed by atoms with Gasteiger partial charge >= 0.3 is 0 Å². The Morgan fingerprint density at radius 1 is 1.43 bits per heavy atom. The number of methoxy groups -OCH3 is 1. The van der Waals surface area contributed by atoms with Crippen LogP contribution in [-0.4, -0.2) is 60.2 Å². The quantitative estimate of drug-likeness (QED) is 0.408. The normalized spacial score (nSPS) is 18.4. The fourth-order valence-electron chi connectivity index (χ4n) is 2.35. The van der Waals surface area contributed by atoms with Gasteiger partial charge in [0.25, 0.3) is 0 Å². The third kappa shape index (κ3) is 5.80. The van der Waals surface area contributed by atoms with Crippen LogP contribution in [-0.2, 0) is 23.1 Å². The van der Waals surface area contributed by atoms with Gasteiger partial charge in [0.15, 0.2) is 11.8 Å². The molecule has 130 valence electrons. The Kier molecular flexibility index (Phi) is 7.28. The van der Waals surface area contributed by atoms with E-state index in [1.54, 1.807) is 7.11 Å². The predicted molar refractivity (Wildman–Crippen MR) is 88.4 cm³/mol. The van der Waals surface area contributed by atoms with Crippen LogP contribution in [0.2, 0.25) is 0 Å². The highest BCUT2D eigenvalue weighted by Gasteiger charge is 2.15. The Bertz CT molecular complexity index is 496. The molecule has 0 bridgehead atoms. The lowest BCUT2D eigenvalue weighted by Gasteiger charge is -2.15. The Morgan fingerprint density at radius 2 is 2.30 bits per heavy atom. The molecule has 1 saturated heterocycles. The Labute approximate surface area is 137 Å². The van der Waals surface area contributed by atoms with E-state index in [1.807, 2.05) is 18.5 Å². The molecule has 0 saturated carbocycles. The number of aliphatic imine (C=N–C) groups is 1. The minimum atomic E-state index is 0.276. The summed E-state index contributed by atoms with van der Waals surface area (Å²) in [6.45, 7) is 5.59. The molecule has 1 fully saturated rings. The van der Waals surface area contributed by atoms with Gasteiger partial charge in [-0.1, -0.05) is 0 Å². The van der Waals surface area contributed by atoms with Crippen molar-refractivity contribution in [3.05, 3.63) is 11.6 Å². The first-order valence-corrected chi connectivity index (χ1v) is 8.18. The van der Waals surface area contributed by atoms with Crippen LogP contribution in [0.25, 0.3) is 0 Å². The molecule has 2 N–H and O–H groups in total. The maximum atomic E-state index is 5.64. The zero-order chi connectivity index (χ0) is 16.5. The van der Waals surface area contributed by atoms with Crippen LogP contribution in [0.15, 0.2) is 4.99 Å². The molecule has 8 nitrogen and oxygen atoms in total. The van der Waals surface area contributed by atoms with Crippen LogP contribution in [0.5, 0.6) is 0 Å². The standard InChI is InChI=1S/C15H28N6O2/c1-12-19-20-14(21(12)2)11-18-15(16-7-5-8-22-3)17-10-13-6-4-9-23-13/h13H,4-11H2,1-3H3,(H2,16,17,18). The second-order valence-corrected chi connectivity index (χ2v) is 5.68. The van der Waals surface area contributed by atoms with Crippen LogP contribution < -0.4 is 10.6 Å². The smallest absolute Gasteiger partial charge is 0.191 e. The van der Waals surface area contributed by atoms with Crippen molar-refractivity contribution in [3.8, 4) is 0 Å². The molecule has 2 heterocycles. The van der Waals surface area contributed by atoms with Crippen molar-refractivity contribution in [1.82, 2.24) is 25.4 Å². The van der Waals surface area contributed by atoms with E-state index < -0.39 is 0 Å². The van der Waals surface area contributed by atoms with Crippen LogP contribution in [0, 0.1) is 6.92 Å². The number of hydrogen-bond donors (Lipinski definition) is 2. The summed E-state index contributed by atoms with van der Waals surface area (Å²) >= 11 is 0. The number of guanidine groups is 1. The lowest BCUT2D eigenvalue weighted by atomic mass is 10.2. The summed E-state index contributed by atoms with van der Waals surface area (Å²) in [5.41, 5.74) is 0. The summed E-state index contributed by atoms with van der Waals surface area (Å²) < 4.78 is 12.7. The third-order valence-electron chi connectivity index (χ3n) is 3.90. The van der Waals surface area contributed by atoms with Crippen molar-refractivity contribution in [1.29, 1.82) is 0 Å². The second kappa shape index (κ2) is 9.46. The number of nitrogens with zero attached hydrogens (tertiary/aromatic N) is 4. The van der Waals surface area contributed by atoms with Crippen molar-refractivity contribution in [2.45, 2.75) is 38.8 Å². The van der Waals surface area contributed by atoms with Crippen molar-refractivity contribution in [2.24, 2.45) is 12.0 Å². The fourth-order valence-corrected chi connectivity index (χ4v) is 2.35. The predicted octanol–water partition coefficient (Wildman–Crippen LogP) is 0.374. The summed E-state index contributed by atoms with van der Waals surface area (Å²) in [6, 6.07) is 0. The van der Waals surface area contributed by atoms with Gasteiger partial charge in [0.05, 0.1) is 6.10 Å². The summed E-state index contributed by atoms with van der Waals surface area (Å²) in [5.74, 6) is 2.51. The van der Waals surface area contributed by atoms with Gasteiger partial charge in [0.2, 0.25) is 0 Å². The molecule has 1 aliphatic rings. The summed E-state index contributed by atoms with van der Waals surface area (Å²) in [4.78, 5) is 4.60. The molecule has 0 aliphatic carbocycles. The highest BCUT2D eigenvalue weighted by molar-refractivity contribution is 5.79. The van der Waals surface area contributed by atoms with E-state index >= 15 is 0 Å². The molecule has 1 unspecified atom stereocenters. The van der Waals surface area contributed by atoms with E-state index in [9.17, 15) is 0 Å². The number of rotatable bonds is 8. The molecule has 1 aromatic rings. The van der Waals surface area contributed by atoms with Gasteiger partial charge in [-0.2, -0.15) is 0 Å². The van der Waals surface area contributed by atoms with Crippen molar-refractivity contribution in [3.63, 3.8) is 0 Å². The minimum absolute atomic E-state index is 0.276. The molecule has 0 spiro atoms. The molecule has 0 aromatic carbocycles. The van der Waals surface area contributed by atoms with Crippen molar-refractivity contribution in [2.75, 3.05) is 33.4 Å². The maximum absolute atomic E-state index is 5.64. The molecule has 23 heavy (non-hydrogen) atoms. The van der Waals surface area contributed by atoms with Crippen LogP contribution >= 0.6 is 0 Å². The van der Waals surface area contributed by atoms with Gasteiger partial charge in [-0.3, -0.25) is 0 Å². The first kappa shape index (κ1) is 17.7. The number of nitrogens with one attached hydrogen (secondary N) is 2. The molecule has 1 aromatic heterocycles. The SMILES string of the molecule is COCCCNC(=NCc1nnc(C)n1C)NCC1CCCO1. The van der Waals surface area contributed by atoms with Crippen LogP contribution in [0.4, 0.5) is 0 Å². The van der Waals surface area contributed by atoms with Gasteiger partial charge in [0.1, 0.15) is 12.4 Å². The molecular formula is C15H28N6O2. The topological polar surface area (TPSA) is 85.6 Å².